The van der Waals surface area contributed by atoms with Crippen LogP contribution in [0.25, 0.3) is 0 Å². The molecular weight excluding hydrogens is 236 g/mol. The van der Waals surface area contributed by atoms with E-state index in [0.717, 1.165) is 19.8 Å². The van der Waals surface area contributed by atoms with E-state index in [1.807, 2.05) is 12.4 Å². The first-order chi connectivity index (χ1) is 9.27. The zero-order chi connectivity index (χ0) is 13.1. The number of rotatable bonds is 2. The molecule has 0 bridgehead atoms. The molecule has 0 aromatic carbocycles. The SMILES string of the molecule is Cc1cnccc1CN1CCCC2(CCOCC2)C1. The van der Waals surface area contributed by atoms with Crippen LogP contribution in [0.1, 0.15) is 36.8 Å². The van der Waals surface area contributed by atoms with Gasteiger partial charge in [0.25, 0.3) is 0 Å². The summed E-state index contributed by atoms with van der Waals surface area (Å²) in [5.74, 6) is 0. The summed E-state index contributed by atoms with van der Waals surface area (Å²) in [6.45, 7) is 7.65. The lowest BCUT2D eigenvalue weighted by molar-refractivity contribution is -0.0291. The normalized spacial score (nSPS) is 23.6. The third kappa shape index (κ3) is 2.98. The molecule has 0 aliphatic carbocycles. The van der Waals surface area contributed by atoms with Crippen LogP contribution in [0.4, 0.5) is 0 Å². The molecule has 0 N–H and O–H groups in total. The first kappa shape index (κ1) is 13.1. The van der Waals surface area contributed by atoms with Gasteiger partial charge in [0, 0.05) is 38.7 Å². The molecule has 0 amide bonds. The van der Waals surface area contributed by atoms with Crippen molar-refractivity contribution < 1.29 is 4.74 Å². The third-order valence-electron chi connectivity index (χ3n) is 4.82. The minimum atomic E-state index is 0.539. The Labute approximate surface area is 116 Å². The molecule has 3 rings (SSSR count). The lowest BCUT2D eigenvalue weighted by Crippen LogP contribution is -2.45. The van der Waals surface area contributed by atoms with Gasteiger partial charge in [-0.3, -0.25) is 9.88 Å². The monoisotopic (exact) mass is 260 g/mol. The molecule has 3 heterocycles. The molecule has 19 heavy (non-hydrogen) atoms. The molecule has 3 nitrogen and oxygen atoms in total. The first-order valence-electron chi connectivity index (χ1n) is 7.47. The molecule has 104 valence electrons. The number of hydrogen-bond donors (Lipinski definition) is 0. The van der Waals surface area contributed by atoms with Gasteiger partial charge in [-0.05, 0) is 61.8 Å². The van der Waals surface area contributed by atoms with Gasteiger partial charge in [0.1, 0.15) is 0 Å². The predicted octanol–water partition coefficient (Wildman–Crippen LogP) is 2.78. The molecular formula is C16H24N2O. The van der Waals surface area contributed by atoms with Crippen LogP contribution >= 0.6 is 0 Å². The Morgan fingerprint density at radius 1 is 1.32 bits per heavy atom. The van der Waals surface area contributed by atoms with Gasteiger partial charge in [-0.2, -0.15) is 0 Å². The molecule has 0 atom stereocenters. The fourth-order valence-electron chi connectivity index (χ4n) is 3.58. The van der Waals surface area contributed by atoms with Gasteiger partial charge >= 0.3 is 0 Å². The van der Waals surface area contributed by atoms with Gasteiger partial charge in [0.2, 0.25) is 0 Å². The number of nitrogens with zero attached hydrogens (tertiary/aromatic N) is 2. The van der Waals surface area contributed by atoms with Crippen molar-refractivity contribution in [3.05, 3.63) is 29.6 Å². The molecule has 1 aromatic heterocycles. The average Bonchev–Trinajstić information content (AvgIpc) is 2.42. The summed E-state index contributed by atoms with van der Waals surface area (Å²) in [5, 5.41) is 0. The van der Waals surface area contributed by atoms with E-state index in [1.165, 1.54) is 49.9 Å². The van der Waals surface area contributed by atoms with Crippen molar-refractivity contribution in [1.82, 2.24) is 9.88 Å². The van der Waals surface area contributed by atoms with E-state index < -0.39 is 0 Å². The molecule has 2 fully saturated rings. The Hall–Kier alpha value is -0.930. The highest BCUT2D eigenvalue weighted by Gasteiger charge is 2.36. The summed E-state index contributed by atoms with van der Waals surface area (Å²) >= 11 is 0. The summed E-state index contributed by atoms with van der Waals surface area (Å²) < 4.78 is 5.54. The Morgan fingerprint density at radius 3 is 2.95 bits per heavy atom. The van der Waals surface area contributed by atoms with Crippen LogP contribution in [-0.4, -0.2) is 36.2 Å². The second kappa shape index (κ2) is 5.59. The zero-order valence-corrected chi connectivity index (χ0v) is 11.9. The zero-order valence-electron chi connectivity index (χ0n) is 11.9. The van der Waals surface area contributed by atoms with Crippen molar-refractivity contribution >= 4 is 0 Å². The topological polar surface area (TPSA) is 25.4 Å². The minimum Gasteiger partial charge on any atom is -0.381 e. The fourth-order valence-corrected chi connectivity index (χ4v) is 3.58. The number of piperidine rings is 1. The van der Waals surface area contributed by atoms with E-state index in [2.05, 4.69) is 22.9 Å². The van der Waals surface area contributed by atoms with Crippen LogP contribution in [0.2, 0.25) is 0 Å². The largest absolute Gasteiger partial charge is 0.381 e. The smallest absolute Gasteiger partial charge is 0.0471 e. The van der Waals surface area contributed by atoms with E-state index in [9.17, 15) is 0 Å². The van der Waals surface area contributed by atoms with Crippen LogP contribution in [0.5, 0.6) is 0 Å². The van der Waals surface area contributed by atoms with Crippen molar-refractivity contribution in [2.75, 3.05) is 26.3 Å². The fraction of sp³-hybridized carbons (Fsp3) is 0.688. The third-order valence-corrected chi connectivity index (χ3v) is 4.82. The second-order valence-corrected chi connectivity index (χ2v) is 6.23. The number of aromatic nitrogens is 1. The highest BCUT2D eigenvalue weighted by molar-refractivity contribution is 5.21. The lowest BCUT2D eigenvalue weighted by Gasteiger charge is -2.45. The Balaban J connectivity index is 1.67. The van der Waals surface area contributed by atoms with Crippen LogP contribution in [0.3, 0.4) is 0 Å². The molecule has 2 aliphatic heterocycles. The quantitative estimate of drug-likeness (QED) is 0.817. The first-order valence-corrected chi connectivity index (χ1v) is 7.47. The van der Waals surface area contributed by atoms with E-state index in [4.69, 9.17) is 4.74 Å². The van der Waals surface area contributed by atoms with Crippen LogP contribution in [-0.2, 0) is 11.3 Å². The molecule has 1 aromatic rings. The van der Waals surface area contributed by atoms with E-state index >= 15 is 0 Å². The van der Waals surface area contributed by atoms with E-state index in [0.29, 0.717) is 5.41 Å². The molecule has 1 spiro atoms. The van der Waals surface area contributed by atoms with E-state index in [-0.39, 0.29) is 0 Å². The Bertz CT molecular complexity index is 421. The number of ether oxygens (including phenoxy) is 1. The summed E-state index contributed by atoms with van der Waals surface area (Å²) in [4.78, 5) is 6.82. The summed E-state index contributed by atoms with van der Waals surface area (Å²) in [5.41, 5.74) is 3.28. The Kier molecular flexibility index (Phi) is 3.85. The van der Waals surface area contributed by atoms with Crippen molar-refractivity contribution in [3.8, 4) is 0 Å². The number of pyridine rings is 1. The van der Waals surface area contributed by atoms with E-state index in [1.54, 1.807) is 0 Å². The molecule has 0 unspecified atom stereocenters. The Morgan fingerprint density at radius 2 is 2.16 bits per heavy atom. The van der Waals surface area contributed by atoms with Gasteiger partial charge < -0.3 is 4.74 Å². The average molecular weight is 260 g/mol. The van der Waals surface area contributed by atoms with Crippen molar-refractivity contribution in [2.45, 2.75) is 39.2 Å². The van der Waals surface area contributed by atoms with Gasteiger partial charge in [-0.15, -0.1) is 0 Å². The lowest BCUT2D eigenvalue weighted by atomic mass is 9.74. The maximum atomic E-state index is 5.54. The van der Waals surface area contributed by atoms with Crippen molar-refractivity contribution in [2.24, 2.45) is 5.41 Å². The molecule has 0 saturated carbocycles. The number of hydrogen-bond acceptors (Lipinski definition) is 3. The molecule has 2 aliphatic rings. The van der Waals surface area contributed by atoms with Crippen molar-refractivity contribution in [3.63, 3.8) is 0 Å². The van der Waals surface area contributed by atoms with Crippen molar-refractivity contribution in [1.29, 1.82) is 0 Å². The summed E-state index contributed by atoms with van der Waals surface area (Å²) in [6.07, 6.45) is 9.12. The van der Waals surface area contributed by atoms with Gasteiger partial charge in [-0.25, -0.2) is 0 Å². The predicted molar refractivity (Wildman–Crippen MR) is 76.0 cm³/mol. The summed E-state index contributed by atoms with van der Waals surface area (Å²) in [7, 11) is 0. The van der Waals surface area contributed by atoms with Crippen LogP contribution in [0.15, 0.2) is 18.5 Å². The van der Waals surface area contributed by atoms with Gasteiger partial charge in [-0.1, -0.05) is 0 Å². The highest BCUT2D eigenvalue weighted by atomic mass is 16.5. The van der Waals surface area contributed by atoms with Crippen LogP contribution < -0.4 is 0 Å². The molecule has 0 radical (unpaired) electrons. The second-order valence-electron chi connectivity index (χ2n) is 6.23. The molecule has 2 saturated heterocycles. The standard InChI is InChI=1S/C16H24N2O/c1-14-11-17-7-3-15(14)12-18-8-2-4-16(13-18)5-9-19-10-6-16/h3,7,11H,2,4-6,8-10,12-13H2,1H3. The number of aryl methyl sites for hydroxylation is 1. The highest BCUT2D eigenvalue weighted by Crippen LogP contribution is 2.39. The summed E-state index contributed by atoms with van der Waals surface area (Å²) in [6, 6.07) is 2.17. The number of likely N-dealkylation sites (tertiary alicyclic amines) is 1. The maximum Gasteiger partial charge on any atom is 0.0471 e. The van der Waals surface area contributed by atoms with Gasteiger partial charge in [0.15, 0.2) is 0 Å². The van der Waals surface area contributed by atoms with Crippen LogP contribution in [0, 0.1) is 12.3 Å². The minimum absolute atomic E-state index is 0.539. The maximum absolute atomic E-state index is 5.54. The van der Waals surface area contributed by atoms with Gasteiger partial charge in [0.05, 0.1) is 0 Å². The molecule has 3 heteroatoms.